The minimum atomic E-state index is 0.129. The summed E-state index contributed by atoms with van der Waals surface area (Å²) in [6.45, 7) is 9.95. The van der Waals surface area contributed by atoms with Gasteiger partial charge in [0.25, 0.3) is 0 Å². The molecule has 36 heavy (non-hydrogen) atoms. The summed E-state index contributed by atoms with van der Waals surface area (Å²) in [5.74, 6) is 1.03. The van der Waals surface area contributed by atoms with Crippen LogP contribution in [0.4, 0.5) is 11.4 Å². The van der Waals surface area contributed by atoms with Gasteiger partial charge in [0.1, 0.15) is 11.3 Å². The molecule has 0 amide bonds. The van der Waals surface area contributed by atoms with Crippen LogP contribution in [0.2, 0.25) is 0 Å². The van der Waals surface area contributed by atoms with Gasteiger partial charge in [-0.15, -0.1) is 0 Å². The van der Waals surface area contributed by atoms with Crippen LogP contribution < -0.4 is 5.32 Å². The van der Waals surface area contributed by atoms with Crippen LogP contribution in [-0.4, -0.2) is 9.55 Å². The number of hydrogen-bond donors (Lipinski definition) is 1. The van der Waals surface area contributed by atoms with Gasteiger partial charge in [-0.25, -0.2) is 4.98 Å². The van der Waals surface area contributed by atoms with Gasteiger partial charge >= 0.3 is 0 Å². The number of fused-ring (bicyclic) bond motifs is 1. The summed E-state index contributed by atoms with van der Waals surface area (Å²) in [5.41, 5.74) is 9.28. The van der Waals surface area contributed by atoms with Crippen molar-refractivity contribution in [1.82, 2.24) is 9.55 Å². The number of benzene rings is 4. The van der Waals surface area contributed by atoms with Crippen molar-refractivity contribution in [2.24, 2.45) is 0 Å². The van der Waals surface area contributed by atoms with Crippen molar-refractivity contribution in [3.63, 3.8) is 0 Å². The highest BCUT2D eigenvalue weighted by atomic mass is 15.1. The zero-order valence-electron chi connectivity index (χ0n) is 21.8. The third kappa shape index (κ3) is 4.79. The Morgan fingerprint density at radius 3 is 2.14 bits per heavy atom. The molecule has 3 heteroatoms. The van der Waals surface area contributed by atoms with Crippen molar-refractivity contribution in [2.75, 3.05) is 5.32 Å². The molecule has 0 saturated heterocycles. The first-order valence-corrected chi connectivity index (χ1v) is 13.0. The topological polar surface area (TPSA) is 29.9 Å². The molecule has 3 nitrogen and oxygen atoms in total. The van der Waals surface area contributed by atoms with E-state index < -0.39 is 0 Å². The van der Waals surface area contributed by atoms with E-state index in [1.54, 1.807) is 0 Å². The molecule has 0 aliphatic heterocycles. The molecule has 0 spiro atoms. The maximum Gasteiger partial charge on any atom is 0.141 e. The van der Waals surface area contributed by atoms with E-state index in [0.717, 1.165) is 47.7 Å². The van der Waals surface area contributed by atoms with Crippen LogP contribution in [0, 0.1) is 0 Å². The summed E-state index contributed by atoms with van der Waals surface area (Å²) in [6, 6.07) is 34.4. The maximum atomic E-state index is 5.23. The first kappa shape index (κ1) is 23.9. The molecule has 5 rings (SSSR count). The van der Waals surface area contributed by atoms with Crippen LogP contribution >= 0.6 is 0 Å². The molecule has 0 unspecified atom stereocenters. The molecule has 1 aromatic heterocycles. The lowest BCUT2D eigenvalue weighted by Gasteiger charge is -2.19. The maximum absolute atomic E-state index is 5.23. The Morgan fingerprint density at radius 1 is 0.722 bits per heavy atom. The molecule has 1 N–H and O–H groups in total. The minimum absolute atomic E-state index is 0.129. The van der Waals surface area contributed by atoms with Crippen molar-refractivity contribution < 1.29 is 0 Å². The van der Waals surface area contributed by atoms with Crippen molar-refractivity contribution >= 4 is 22.4 Å². The number of hydrogen-bond acceptors (Lipinski definition) is 2. The lowest BCUT2D eigenvalue weighted by molar-refractivity contribution is 0.590. The number of para-hydroxylation sites is 2. The predicted octanol–water partition coefficient (Wildman–Crippen LogP) is 9.21. The van der Waals surface area contributed by atoms with Gasteiger partial charge in [-0.2, -0.15) is 0 Å². The Labute approximate surface area is 214 Å². The molecule has 1 heterocycles. The fourth-order valence-electron chi connectivity index (χ4n) is 4.74. The molecular weight excluding hydrogens is 438 g/mol. The standard InChI is InChI=1S/C33H35N3/c1-5-6-23-36-30-18-12-17-29(34-28-16-11-10-15-27(28)24-13-8-7-9-14-24)31(30)35-32(36)25-19-21-26(22-20-25)33(2,3)4/h7-22,34H,5-6,23H2,1-4H3. The monoisotopic (exact) mass is 473 g/mol. The molecule has 0 radical (unpaired) electrons. The zero-order valence-corrected chi connectivity index (χ0v) is 21.8. The van der Waals surface area contributed by atoms with Crippen molar-refractivity contribution in [3.05, 3.63) is 103 Å². The molecule has 0 fully saturated rings. The molecule has 0 aliphatic rings. The van der Waals surface area contributed by atoms with Gasteiger partial charge in [0, 0.05) is 23.4 Å². The zero-order chi connectivity index (χ0) is 25.1. The number of aryl methyl sites for hydroxylation is 1. The van der Waals surface area contributed by atoms with E-state index in [4.69, 9.17) is 4.98 Å². The smallest absolute Gasteiger partial charge is 0.141 e. The summed E-state index contributed by atoms with van der Waals surface area (Å²) in [5, 5.41) is 3.72. The highest BCUT2D eigenvalue weighted by molar-refractivity contribution is 5.94. The van der Waals surface area contributed by atoms with Crippen LogP contribution in [0.5, 0.6) is 0 Å². The normalized spacial score (nSPS) is 11.7. The van der Waals surface area contributed by atoms with E-state index >= 15 is 0 Å². The average Bonchev–Trinajstić information content (AvgIpc) is 3.27. The Bertz CT molecular complexity index is 1460. The second-order valence-corrected chi connectivity index (χ2v) is 10.5. The van der Waals surface area contributed by atoms with E-state index in [1.807, 2.05) is 0 Å². The summed E-state index contributed by atoms with van der Waals surface area (Å²) in [6.07, 6.45) is 2.26. The Kier molecular flexibility index (Phi) is 6.65. The Balaban J connectivity index is 1.60. The van der Waals surface area contributed by atoms with Crippen LogP contribution in [0.3, 0.4) is 0 Å². The lowest BCUT2D eigenvalue weighted by atomic mass is 9.87. The van der Waals surface area contributed by atoms with Crippen LogP contribution in [0.1, 0.15) is 46.1 Å². The number of nitrogens with one attached hydrogen (secondary N) is 1. The van der Waals surface area contributed by atoms with Crippen LogP contribution in [0.25, 0.3) is 33.5 Å². The number of imidazole rings is 1. The van der Waals surface area contributed by atoms with Gasteiger partial charge in [0.2, 0.25) is 0 Å². The van der Waals surface area contributed by atoms with Gasteiger partial charge in [0.05, 0.1) is 11.2 Å². The minimum Gasteiger partial charge on any atom is -0.353 e. The van der Waals surface area contributed by atoms with Gasteiger partial charge in [-0.3, -0.25) is 0 Å². The number of anilines is 2. The van der Waals surface area contributed by atoms with E-state index in [1.165, 1.54) is 22.2 Å². The second-order valence-electron chi connectivity index (χ2n) is 10.5. The van der Waals surface area contributed by atoms with E-state index in [9.17, 15) is 0 Å². The summed E-state index contributed by atoms with van der Waals surface area (Å²) in [4.78, 5) is 5.23. The van der Waals surface area contributed by atoms with Crippen LogP contribution in [0.15, 0.2) is 97.1 Å². The average molecular weight is 474 g/mol. The third-order valence-electron chi connectivity index (χ3n) is 6.80. The molecule has 5 aromatic rings. The molecule has 0 bridgehead atoms. The SMILES string of the molecule is CCCCn1c(-c2ccc(C(C)(C)C)cc2)nc2c(Nc3ccccc3-c3ccccc3)cccc21. The molecule has 182 valence electrons. The molecule has 0 atom stereocenters. The number of nitrogens with zero attached hydrogens (tertiary/aromatic N) is 2. The first-order valence-electron chi connectivity index (χ1n) is 13.0. The van der Waals surface area contributed by atoms with Crippen molar-refractivity contribution in [2.45, 2.75) is 52.5 Å². The quantitative estimate of drug-likeness (QED) is 0.255. The van der Waals surface area contributed by atoms with Gasteiger partial charge in [-0.1, -0.05) is 113 Å². The van der Waals surface area contributed by atoms with E-state index in [-0.39, 0.29) is 5.41 Å². The van der Waals surface area contributed by atoms with Gasteiger partial charge < -0.3 is 9.88 Å². The van der Waals surface area contributed by atoms with Crippen LogP contribution in [-0.2, 0) is 12.0 Å². The van der Waals surface area contributed by atoms with Gasteiger partial charge in [-0.05, 0) is 41.2 Å². The summed E-state index contributed by atoms with van der Waals surface area (Å²) < 4.78 is 2.39. The molecule has 4 aromatic carbocycles. The third-order valence-corrected chi connectivity index (χ3v) is 6.80. The van der Waals surface area contributed by atoms with E-state index in [2.05, 4.69) is 135 Å². The molecular formula is C33H35N3. The summed E-state index contributed by atoms with van der Waals surface area (Å²) in [7, 11) is 0. The molecule has 0 saturated carbocycles. The number of rotatable bonds is 7. The Morgan fingerprint density at radius 2 is 1.42 bits per heavy atom. The van der Waals surface area contributed by atoms with Gasteiger partial charge in [0.15, 0.2) is 0 Å². The highest BCUT2D eigenvalue weighted by Gasteiger charge is 2.18. The Hall–Kier alpha value is -3.85. The fourth-order valence-corrected chi connectivity index (χ4v) is 4.74. The number of unbranched alkanes of at least 4 members (excludes halogenated alkanes) is 1. The largest absolute Gasteiger partial charge is 0.353 e. The highest BCUT2D eigenvalue weighted by Crippen LogP contribution is 2.35. The fraction of sp³-hybridized carbons (Fsp3) is 0.242. The first-order chi connectivity index (χ1) is 17.5. The predicted molar refractivity (Wildman–Crippen MR) is 154 cm³/mol. The lowest BCUT2D eigenvalue weighted by Crippen LogP contribution is -2.10. The summed E-state index contributed by atoms with van der Waals surface area (Å²) >= 11 is 0. The van der Waals surface area contributed by atoms with Crippen molar-refractivity contribution in [1.29, 1.82) is 0 Å². The van der Waals surface area contributed by atoms with E-state index in [0.29, 0.717) is 0 Å². The van der Waals surface area contributed by atoms with Crippen molar-refractivity contribution in [3.8, 4) is 22.5 Å². The molecule has 0 aliphatic carbocycles. The second kappa shape index (κ2) is 10.0. The number of aromatic nitrogens is 2.